The predicted molar refractivity (Wildman–Crippen MR) is 110 cm³/mol. The van der Waals surface area contributed by atoms with Gasteiger partial charge in [0.05, 0.1) is 22.5 Å². The van der Waals surface area contributed by atoms with Crippen molar-refractivity contribution in [2.75, 3.05) is 16.2 Å². The number of rotatable bonds is 6. The lowest BCUT2D eigenvalue weighted by atomic mass is 10.2. The molecule has 0 radical (unpaired) electrons. The molecule has 3 aromatic rings. The van der Waals surface area contributed by atoms with Gasteiger partial charge in [-0.1, -0.05) is 35.9 Å². The van der Waals surface area contributed by atoms with E-state index in [0.29, 0.717) is 16.4 Å². The van der Waals surface area contributed by atoms with E-state index >= 15 is 0 Å². The van der Waals surface area contributed by atoms with Gasteiger partial charge in [-0.25, -0.2) is 8.42 Å². The number of nitrogens with zero attached hydrogens (tertiary/aromatic N) is 2. The van der Waals surface area contributed by atoms with Crippen molar-refractivity contribution >= 4 is 38.9 Å². The summed E-state index contributed by atoms with van der Waals surface area (Å²) >= 11 is 6.19. The van der Waals surface area contributed by atoms with E-state index in [1.165, 1.54) is 24.4 Å². The van der Waals surface area contributed by atoms with E-state index in [1.54, 1.807) is 48.7 Å². The van der Waals surface area contributed by atoms with Crippen LogP contribution in [0, 0.1) is 6.92 Å². The number of anilines is 2. The van der Waals surface area contributed by atoms with Gasteiger partial charge in [0.25, 0.3) is 10.0 Å². The Morgan fingerprint density at radius 2 is 1.86 bits per heavy atom. The minimum absolute atomic E-state index is 0.0841. The highest BCUT2D eigenvalue weighted by atomic mass is 35.5. The van der Waals surface area contributed by atoms with Crippen molar-refractivity contribution in [3.05, 3.63) is 83.6 Å². The maximum atomic E-state index is 13.2. The molecular formula is C20H18ClN3O3S. The summed E-state index contributed by atoms with van der Waals surface area (Å²) in [7, 11) is -3.97. The number of carbonyl (C=O) groups is 1. The zero-order valence-corrected chi connectivity index (χ0v) is 16.6. The molecule has 0 unspecified atom stereocenters. The Morgan fingerprint density at radius 3 is 2.50 bits per heavy atom. The van der Waals surface area contributed by atoms with Crippen molar-refractivity contribution in [2.45, 2.75) is 11.8 Å². The summed E-state index contributed by atoms with van der Waals surface area (Å²) in [6.07, 6.45) is 3.06. The second kappa shape index (κ2) is 8.41. The van der Waals surface area contributed by atoms with E-state index < -0.39 is 22.5 Å². The van der Waals surface area contributed by atoms with Gasteiger partial charge >= 0.3 is 0 Å². The molecule has 0 aliphatic carbocycles. The molecule has 1 heterocycles. The van der Waals surface area contributed by atoms with Gasteiger partial charge in [-0.05, 0) is 48.9 Å². The van der Waals surface area contributed by atoms with Gasteiger partial charge in [-0.3, -0.25) is 14.1 Å². The molecule has 2 aromatic carbocycles. The highest BCUT2D eigenvalue weighted by Crippen LogP contribution is 2.28. The van der Waals surface area contributed by atoms with E-state index in [2.05, 4.69) is 10.3 Å². The summed E-state index contributed by atoms with van der Waals surface area (Å²) < 4.78 is 27.5. The molecule has 1 amide bonds. The van der Waals surface area contributed by atoms with Crippen molar-refractivity contribution in [3.63, 3.8) is 0 Å². The molecule has 1 aromatic heterocycles. The van der Waals surface area contributed by atoms with E-state index in [9.17, 15) is 13.2 Å². The number of hydrogen-bond donors (Lipinski definition) is 1. The maximum absolute atomic E-state index is 13.2. The standard InChI is InChI=1S/C20H18ClN3O3S/c1-15-9-10-17(12-19(15)21)24(28(26,27)18-7-3-2-4-8-18)14-20(25)23-16-6-5-11-22-13-16/h2-13H,14H2,1H3,(H,23,25). The number of halogens is 1. The van der Waals surface area contributed by atoms with Crippen LogP contribution < -0.4 is 9.62 Å². The quantitative estimate of drug-likeness (QED) is 0.662. The van der Waals surface area contributed by atoms with Crippen LogP contribution in [-0.2, 0) is 14.8 Å². The topological polar surface area (TPSA) is 79.4 Å². The number of amides is 1. The fourth-order valence-corrected chi connectivity index (χ4v) is 4.15. The van der Waals surface area contributed by atoms with Gasteiger partial charge < -0.3 is 5.32 Å². The Balaban J connectivity index is 1.97. The third-order valence-corrected chi connectivity index (χ3v) is 6.20. The average Bonchev–Trinajstić information content (AvgIpc) is 2.70. The Labute approximate surface area is 168 Å². The first kappa shape index (κ1) is 19.9. The van der Waals surface area contributed by atoms with Crippen LogP contribution in [0.2, 0.25) is 5.02 Å². The van der Waals surface area contributed by atoms with E-state index in [-0.39, 0.29) is 4.90 Å². The lowest BCUT2D eigenvalue weighted by Crippen LogP contribution is -2.38. The summed E-state index contributed by atoms with van der Waals surface area (Å²) in [5.74, 6) is -0.496. The minimum Gasteiger partial charge on any atom is -0.323 e. The van der Waals surface area contributed by atoms with Gasteiger partial charge in [0.1, 0.15) is 6.54 Å². The number of sulfonamides is 1. The fourth-order valence-electron chi connectivity index (χ4n) is 2.54. The van der Waals surface area contributed by atoms with Crippen LogP contribution in [-0.4, -0.2) is 25.9 Å². The number of nitrogens with one attached hydrogen (secondary N) is 1. The van der Waals surface area contributed by atoms with Crippen LogP contribution >= 0.6 is 11.6 Å². The molecule has 8 heteroatoms. The zero-order valence-electron chi connectivity index (χ0n) is 15.0. The summed E-state index contributed by atoms with van der Waals surface area (Å²) in [5.41, 5.74) is 1.59. The molecule has 0 saturated heterocycles. The molecule has 0 bridgehead atoms. The SMILES string of the molecule is Cc1ccc(N(CC(=O)Nc2cccnc2)S(=O)(=O)c2ccccc2)cc1Cl. The largest absolute Gasteiger partial charge is 0.323 e. The first-order valence-corrected chi connectivity index (χ1v) is 10.2. The minimum atomic E-state index is -3.97. The van der Waals surface area contributed by atoms with Crippen molar-refractivity contribution in [2.24, 2.45) is 0 Å². The van der Waals surface area contributed by atoms with Gasteiger partial charge in [0, 0.05) is 11.2 Å². The van der Waals surface area contributed by atoms with Crippen LogP contribution in [0.3, 0.4) is 0 Å². The highest BCUT2D eigenvalue weighted by Gasteiger charge is 2.27. The highest BCUT2D eigenvalue weighted by molar-refractivity contribution is 7.92. The number of hydrogen-bond acceptors (Lipinski definition) is 4. The summed E-state index contributed by atoms with van der Waals surface area (Å²) in [6, 6.07) is 16.2. The molecule has 1 N–H and O–H groups in total. The van der Waals surface area contributed by atoms with Gasteiger partial charge in [0.15, 0.2) is 0 Å². The van der Waals surface area contributed by atoms with E-state index in [4.69, 9.17) is 11.6 Å². The normalized spacial score (nSPS) is 11.1. The molecule has 0 fully saturated rings. The molecular weight excluding hydrogens is 398 g/mol. The van der Waals surface area contributed by atoms with E-state index in [1.807, 2.05) is 6.92 Å². The van der Waals surface area contributed by atoms with Gasteiger partial charge in [-0.15, -0.1) is 0 Å². The molecule has 0 atom stereocenters. The van der Waals surface area contributed by atoms with E-state index in [0.717, 1.165) is 9.87 Å². The molecule has 0 aliphatic rings. The number of carbonyl (C=O) groups excluding carboxylic acids is 1. The number of pyridine rings is 1. The second-order valence-electron chi connectivity index (χ2n) is 6.05. The summed E-state index contributed by atoms with van der Waals surface area (Å²) in [5, 5.41) is 3.07. The fraction of sp³-hybridized carbons (Fsp3) is 0.100. The molecule has 3 rings (SSSR count). The first-order chi connectivity index (χ1) is 13.4. The summed E-state index contributed by atoms with van der Waals surface area (Å²) in [4.78, 5) is 16.6. The average molecular weight is 416 g/mol. The maximum Gasteiger partial charge on any atom is 0.264 e. The monoisotopic (exact) mass is 415 g/mol. The van der Waals surface area contributed by atoms with Crippen molar-refractivity contribution in [1.82, 2.24) is 4.98 Å². The third-order valence-electron chi connectivity index (χ3n) is 4.01. The predicted octanol–water partition coefficient (Wildman–Crippen LogP) is 3.88. The molecule has 6 nitrogen and oxygen atoms in total. The molecule has 0 spiro atoms. The Morgan fingerprint density at radius 1 is 1.11 bits per heavy atom. The molecule has 0 aliphatic heterocycles. The lowest BCUT2D eigenvalue weighted by molar-refractivity contribution is -0.114. The van der Waals surface area contributed by atoms with Gasteiger partial charge in [0.2, 0.25) is 5.91 Å². The number of aryl methyl sites for hydroxylation is 1. The van der Waals surface area contributed by atoms with Crippen LogP contribution in [0.1, 0.15) is 5.56 Å². The van der Waals surface area contributed by atoms with Crippen LogP contribution in [0.4, 0.5) is 11.4 Å². The molecule has 0 saturated carbocycles. The number of aromatic nitrogens is 1. The molecule has 144 valence electrons. The van der Waals surface area contributed by atoms with Gasteiger partial charge in [-0.2, -0.15) is 0 Å². The Hall–Kier alpha value is -2.90. The van der Waals surface area contributed by atoms with Crippen molar-refractivity contribution in [1.29, 1.82) is 0 Å². The second-order valence-corrected chi connectivity index (χ2v) is 8.32. The Kier molecular flexibility index (Phi) is 5.96. The van der Waals surface area contributed by atoms with Crippen LogP contribution in [0.25, 0.3) is 0 Å². The van der Waals surface area contributed by atoms with Crippen molar-refractivity contribution in [3.8, 4) is 0 Å². The lowest BCUT2D eigenvalue weighted by Gasteiger charge is -2.24. The third kappa shape index (κ3) is 4.49. The zero-order chi connectivity index (χ0) is 20.1. The number of benzene rings is 2. The molecule has 28 heavy (non-hydrogen) atoms. The van der Waals surface area contributed by atoms with Crippen molar-refractivity contribution < 1.29 is 13.2 Å². The van der Waals surface area contributed by atoms with Crippen LogP contribution in [0.5, 0.6) is 0 Å². The van der Waals surface area contributed by atoms with Crippen LogP contribution in [0.15, 0.2) is 78.0 Å². The Bertz CT molecular complexity index is 1070. The first-order valence-electron chi connectivity index (χ1n) is 8.42. The summed E-state index contributed by atoms with van der Waals surface area (Å²) in [6.45, 7) is 1.41. The smallest absolute Gasteiger partial charge is 0.264 e.